The number of hydrogen-bond acceptors (Lipinski definition) is 6. The Balaban J connectivity index is 1.84. The lowest BCUT2D eigenvalue weighted by Crippen LogP contribution is -2.53. The highest BCUT2D eigenvalue weighted by molar-refractivity contribution is 5.68. The van der Waals surface area contributed by atoms with Gasteiger partial charge in [0.15, 0.2) is 6.39 Å². The summed E-state index contributed by atoms with van der Waals surface area (Å²) in [6.07, 6.45) is 2.77. The summed E-state index contributed by atoms with van der Waals surface area (Å²) in [7, 11) is 0. The van der Waals surface area contributed by atoms with Gasteiger partial charge in [-0.25, -0.2) is 9.78 Å². The van der Waals surface area contributed by atoms with Crippen LogP contribution in [0.3, 0.4) is 0 Å². The van der Waals surface area contributed by atoms with Crippen LogP contribution in [0.15, 0.2) is 17.0 Å². The summed E-state index contributed by atoms with van der Waals surface area (Å²) in [6.45, 7) is 8.36. The van der Waals surface area contributed by atoms with Gasteiger partial charge in [0.1, 0.15) is 11.4 Å². The van der Waals surface area contributed by atoms with Gasteiger partial charge in [0.2, 0.25) is 0 Å². The Kier molecular flexibility index (Phi) is 5.19. The van der Waals surface area contributed by atoms with Crippen molar-refractivity contribution in [1.29, 1.82) is 0 Å². The molecule has 0 saturated carbocycles. The fraction of sp³-hybridized carbons (Fsp3) is 0.714. The van der Waals surface area contributed by atoms with Gasteiger partial charge in [-0.1, -0.05) is 0 Å². The monoisotopic (exact) mass is 297 g/mol. The first-order chi connectivity index (χ1) is 9.96. The molecule has 1 N–H and O–H groups in total. The van der Waals surface area contributed by atoms with Crippen molar-refractivity contribution < 1.29 is 18.7 Å². The highest BCUT2D eigenvalue weighted by Crippen LogP contribution is 2.14. The first-order valence-electron chi connectivity index (χ1n) is 7.11. The summed E-state index contributed by atoms with van der Waals surface area (Å²) in [5, 5.41) is 3.24. The van der Waals surface area contributed by atoms with Crippen LogP contribution in [-0.2, 0) is 16.0 Å². The third-order valence-electron chi connectivity index (χ3n) is 3.02. The molecule has 0 aliphatic carbocycles. The fourth-order valence-corrected chi connectivity index (χ4v) is 2.08. The van der Waals surface area contributed by atoms with E-state index >= 15 is 0 Å². The predicted molar refractivity (Wildman–Crippen MR) is 75.8 cm³/mol. The maximum Gasteiger partial charge on any atom is 0.410 e. The van der Waals surface area contributed by atoms with Gasteiger partial charge < -0.3 is 19.2 Å². The van der Waals surface area contributed by atoms with Crippen LogP contribution in [0.2, 0.25) is 0 Å². The van der Waals surface area contributed by atoms with Crippen LogP contribution in [-0.4, -0.2) is 53.9 Å². The molecule has 1 aliphatic heterocycles. The zero-order chi connectivity index (χ0) is 15.3. The second-order valence-corrected chi connectivity index (χ2v) is 6.00. The van der Waals surface area contributed by atoms with E-state index in [4.69, 9.17) is 13.9 Å². The van der Waals surface area contributed by atoms with E-state index in [-0.39, 0.29) is 12.1 Å². The standard InChI is InChI=1S/C14H23N3O4/c1-14(2,3)21-13(18)17-4-5-19-9-11(17)6-15-7-12-8-16-10-20-12/h8,10-11,15H,4-7,9H2,1-3H3. The summed E-state index contributed by atoms with van der Waals surface area (Å²) in [5.41, 5.74) is -0.493. The summed E-state index contributed by atoms with van der Waals surface area (Å²) >= 11 is 0. The molecule has 2 rings (SSSR count). The Morgan fingerprint density at radius 3 is 3.05 bits per heavy atom. The largest absolute Gasteiger partial charge is 0.447 e. The van der Waals surface area contributed by atoms with Gasteiger partial charge in [-0.15, -0.1) is 0 Å². The molecule has 21 heavy (non-hydrogen) atoms. The fourth-order valence-electron chi connectivity index (χ4n) is 2.08. The van der Waals surface area contributed by atoms with Gasteiger partial charge >= 0.3 is 6.09 Å². The highest BCUT2D eigenvalue weighted by atomic mass is 16.6. The molecule has 1 amide bonds. The number of carbonyl (C=O) groups is 1. The number of nitrogens with one attached hydrogen (secondary N) is 1. The number of morpholine rings is 1. The van der Waals surface area contributed by atoms with Gasteiger partial charge in [-0.05, 0) is 20.8 Å². The molecular weight excluding hydrogens is 274 g/mol. The molecular formula is C14H23N3O4. The number of amides is 1. The van der Waals surface area contributed by atoms with E-state index in [2.05, 4.69) is 10.3 Å². The molecule has 2 heterocycles. The molecule has 7 nitrogen and oxygen atoms in total. The molecule has 1 aromatic rings. The molecule has 1 saturated heterocycles. The van der Waals surface area contributed by atoms with Crippen LogP contribution < -0.4 is 5.32 Å². The van der Waals surface area contributed by atoms with E-state index in [1.54, 1.807) is 11.1 Å². The molecule has 1 aromatic heterocycles. The van der Waals surface area contributed by atoms with E-state index < -0.39 is 5.60 Å². The van der Waals surface area contributed by atoms with Crippen LogP contribution in [0.1, 0.15) is 26.5 Å². The van der Waals surface area contributed by atoms with E-state index in [1.807, 2.05) is 20.8 Å². The molecule has 0 bridgehead atoms. The third kappa shape index (κ3) is 5.02. The lowest BCUT2D eigenvalue weighted by atomic mass is 10.2. The summed E-state index contributed by atoms with van der Waals surface area (Å²) in [6, 6.07) is -0.0449. The Morgan fingerprint density at radius 2 is 2.38 bits per heavy atom. The van der Waals surface area contributed by atoms with Crippen molar-refractivity contribution in [2.45, 2.75) is 39.0 Å². The molecule has 118 valence electrons. The van der Waals surface area contributed by atoms with Crippen molar-refractivity contribution in [1.82, 2.24) is 15.2 Å². The topological polar surface area (TPSA) is 76.8 Å². The Morgan fingerprint density at radius 1 is 1.57 bits per heavy atom. The van der Waals surface area contributed by atoms with Gasteiger partial charge in [-0.3, -0.25) is 4.90 Å². The number of hydrogen-bond donors (Lipinski definition) is 1. The van der Waals surface area contributed by atoms with Crippen molar-refractivity contribution in [3.05, 3.63) is 18.4 Å². The van der Waals surface area contributed by atoms with Gasteiger partial charge in [0.25, 0.3) is 0 Å². The summed E-state index contributed by atoms with van der Waals surface area (Å²) < 4.78 is 16.0. The van der Waals surface area contributed by atoms with Gasteiger partial charge in [0, 0.05) is 13.1 Å². The van der Waals surface area contributed by atoms with E-state index in [1.165, 1.54) is 6.39 Å². The smallest absolute Gasteiger partial charge is 0.410 e. The zero-order valence-electron chi connectivity index (χ0n) is 12.8. The molecule has 0 spiro atoms. The minimum Gasteiger partial charge on any atom is -0.447 e. The minimum atomic E-state index is -0.493. The van der Waals surface area contributed by atoms with Crippen LogP contribution in [0.5, 0.6) is 0 Å². The maximum atomic E-state index is 12.2. The molecule has 1 unspecified atom stereocenters. The van der Waals surface area contributed by atoms with E-state index in [9.17, 15) is 4.79 Å². The first-order valence-corrected chi connectivity index (χ1v) is 7.11. The first kappa shape index (κ1) is 15.8. The van der Waals surface area contributed by atoms with Crippen molar-refractivity contribution >= 4 is 6.09 Å². The zero-order valence-corrected chi connectivity index (χ0v) is 12.8. The molecule has 1 aliphatic rings. The Hall–Kier alpha value is -1.60. The van der Waals surface area contributed by atoms with Crippen molar-refractivity contribution in [2.75, 3.05) is 26.3 Å². The van der Waals surface area contributed by atoms with Crippen molar-refractivity contribution in [2.24, 2.45) is 0 Å². The summed E-state index contributed by atoms with van der Waals surface area (Å²) in [5.74, 6) is 0.760. The minimum absolute atomic E-state index is 0.0449. The molecule has 1 atom stereocenters. The number of rotatable bonds is 4. The van der Waals surface area contributed by atoms with Gasteiger partial charge in [-0.2, -0.15) is 0 Å². The number of ether oxygens (including phenoxy) is 2. The van der Waals surface area contributed by atoms with Crippen LogP contribution in [0.25, 0.3) is 0 Å². The predicted octanol–water partition coefficient (Wildman–Crippen LogP) is 1.40. The van der Waals surface area contributed by atoms with Crippen molar-refractivity contribution in [3.63, 3.8) is 0 Å². The summed E-state index contributed by atoms with van der Waals surface area (Å²) in [4.78, 5) is 17.8. The van der Waals surface area contributed by atoms with Crippen LogP contribution >= 0.6 is 0 Å². The highest BCUT2D eigenvalue weighted by Gasteiger charge is 2.30. The number of oxazole rings is 1. The third-order valence-corrected chi connectivity index (χ3v) is 3.02. The Bertz CT molecular complexity index is 442. The normalized spacial score (nSPS) is 19.6. The van der Waals surface area contributed by atoms with Crippen LogP contribution in [0.4, 0.5) is 4.79 Å². The number of aromatic nitrogens is 1. The lowest BCUT2D eigenvalue weighted by molar-refractivity contribution is -0.0318. The SMILES string of the molecule is CC(C)(C)OC(=O)N1CCOCC1CNCc1cnco1. The quantitative estimate of drug-likeness (QED) is 0.905. The molecule has 0 radical (unpaired) electrons. The maximum absolute atomic E-state index is 12.2. The average molecular weight is 297 g/mol. The average Bonchev–Trinajstić information content (AvgIpc) is 2.90. The van der Waals surface area contributed by atoms with E-state index in [0.717, 1.165) is 5.76 Å². The second-order valence-electron chi connectivity index (χ2n) is 6.00. The number of nitrogens with zero attached hydrogens (tertiary/aromatic N) is 2. The second kappa shape index (κ2) is 6.91. The number of carbonyl (C=O) groups excluding carboxylic acids is 1. The molecule has 7 heteroatoms. The Labute approximate surface area is 124 Å². The van der Waals surface area contributed by atoms with Gasteiger partial charge in [0.05, 0.1) is 32.0 Å². The lowest BCUT2D eigenvalue weighted by Gasteiger charge is -2.36. The molecule has 0 aromatic carbocycles. The van der Waals surface area contributed by atoms with E-state index in [0.29, 0.717) is 32.8 Å². The van der Waals surface area contributed by atoms with Crippen LogP contribution in [0, 0.1) is 0 Å². The molecule has 1 fully saturated rings. The van der Waals surface area contributed by atoms with Crippen molar-refractivity contribution in [3.8, 4) is 0 Å².